The number of ether oxygens (including phenoxy) is 1. The number of nitrogens with one attached hydrogen (secondary N) is 1. The minimum atomic E-state index is -0.304. The van der Waals surface area contributed by atoms with Gasteiger partial charge in [0.1, 0.15) is 11.8 Å². The molecule has 0 spiro atoms. The second kappa shape index (κ2) is 11.7. The summed E-state index contributed by atoms with van der Waals surface area (Å²) in [7, 11) is 0. The number of nitrogens with zero attached hydrogens (tertiary/aromatic N) is 4. The molecule has 0 saturated heterocycles. The molecule has 3 rings (SSSR count). The zero-order valence-electron chi connectivity index (χ0n) is 20.3. The number of nitriles is 1. The van der Waals surface area contributed by atoms with E-state index in [9.17, 15) is 10.1 Å². The van der Waals surface area contributed by atoms with Crippen LogP contribution < -0.4 is 10.1 Å². The molecule has 0 radical (unpaired) electrons. The molecule has 2 aromatic carbocycles. The van der Waals surface area contributed by atoms with Gasteiger partial charge in [-0.1, -0.05) is 63.7 Å². The number of hydrogen-bond acceptors (Lipinski definition) is 6. The van der Waals surface area contributed by atoms with E-state index in [2.05, 4.69) is 61.4 Å². The van der Waals surface area contributed by atoms with Crippen molar-refractivity contribution in [1.82, 2.24) is 14.8 Å². The minimum Gasteiger partial charge on any atom is -0.483 e. The first kappa shape index (κ1) is 25.3. The molecule has 0 bridgehead atoms. The van der Waals surface area contributed by atoms with E-state index in [0.29, 0.717) is 34.8 Å². The highest BCUT2D eigenvalue weighted by Gasteiger charge is 2.21. The first-order chi connectivity index (χ1) is 16.3. The number of rotatable bonds is 10. The van der Waals surface area contributed by atoms with Gasteiger partial charge in [0.05, 0.1) is 17.0 Å². The number of thioether (sulfide) groups is 1. The maximum atomic E-state index is 12.5. The van der Waals surface area contributed by atoms with Crippen molar-refractivity contribution >= 4 is 23.4 Å². The SMILES string of the molecule is CC(C)Cn1c(SCC(=O)Nc2ccccc2C#N)nnc1C(C)Oc1ccc(C(C)C)cc1. The predicted octanol–water partition coefficient (Wildman–Crippen LogP) is 5.80. The molecule has 8 heteroatoms. The molecule has 1 aromatic heterocycles. The number of amides is 1. The molecular weight excluding hydrogens is 446 g/mol. The Bertz CT molecular complexity index is 1150. The van der Waals surface area contributed by atoms with Gasteiger partial charge in [-0.15, -0.1) is 10.2 Å². The standard InChI is InChI=1S/C26H31N5O2S/c1-17(2)15-31-25(19(5)33-22-12-10-20(11-13-22)18(3)4)29-30-26(31)34-16-24(32)28-23-9-7-6-8-21(23)14-27/h6-13,17-19H,15-16H2,1-5H3,(H,28,32). The van der Waals surface area contributed by atoms with Crippen molar-refractivity contribution in [2.24, 2.45) is 5.92 Å². The normalized spacial score (nSPS) is 11.9. The number of hydrogen-bond donors (Lipinski definition) is 1. The zero-order valence-corrected chi connectivity index (χ0v) is 21.1. The summed E-state index contributed by atoms with van der Waals surface area (Å²) in [5, 5.41) is 21.4. The Morgan fingerprint density at radius 3 is 2.44 bits per heavy atom. The van der Waals surface area contributed by atoms with Gasteiger partial charge >= 0.3 is 0 Å². The highest BCUT2D eigenvalue weighted by molar-refractivity contribution is 7.99. The minimum absolute atomic E-state index is 0.155. The third-order valence-corrected chi connectivity index (χ3v) is 6.14. The average Bonchev–Trinajstić information content (AvgIpc) is 3.20. The Balaban J connectivity index is 1.70. The van der Waals surface area contributed by atoms with E-state index in [-0.39, 0.29) is 17.8 Å². The first-order valence-corrected chi connectivity index (χ1v) is 12.4. The Labute approximate surface area is 205 Å². The summed E-state index contributed by atoms with van der Waals surface area (Å²) < 4.78 is 8.19. The number of aromatic nitrogens is 3. The van der Waals surface area contributed by atoms with Crippen LogP contribution in [0.15, 0.2) is 53.7 Å². The summed E-state index contributed by atoms with van der Waals surface area (Å²) in [4.78, 5) is 12.5. The lowest BCUT2D eigenvalue weighted by atomic mass is 10.0. The van der Waals surface area contributed by atoms with Crippen molar-refractivity contribution in [3.63, 3.8) is 0 Å². The van der Waals surface area contributed by atoms with Gasteiger partial charge in [-0.2, -0.15) is 5.26 Å². The molecule has 1 heterocycles. The molecule has 7 nitrogen and oxygen atoms in total. The van der Waals surface area contributed by atoms with Crippen LogP contribution in [0.2, 0.25) is 0 Å². The van der Waals surface area contributed by atoms with Crippen molar-refractivity contribution in [2.45, 2.75) is 58.3 Å². The number of carbonyl (C=O) groups is 1. The largest absolute Gasteiger partial charge is 0.483 e. The third kappa shape index (κ3) is 6.61. The highest BCUT2D eigenvalue weighted by atomic mass is 32.2. The number of anilines is 1. The molecule has 0 aliphatic carbocycles. The van der Waals surface area contributed by atoms with Crippen molar-refractivity contribution in [1.29, 1.82) is 5.26 Å². The number of para-hydroxylation sites is 1. The summed E-state index contributed by atoms with van der Waals surface area (Å²) in [6.07, 6.45) is -0.304. The fourth-order valence-electron chi connectivity index (χ4n) is 3.44. The Morgan fingerprint density at radius 1 is 1.09 bits per heavy atom. The number of benzene rings is 2. The van der Waals surface area contributed by atoms with Crippen molar-refractivity contribution in [3.8, 4) is 11.8 Å². The molecular formula is C26H31N5O2S. The highest BCUT2D eigenvalue weighted by Crippen LogP contribution is 2.27. The van der Waals surface area contributed by atoms with E-state index in [4.69, 9.17) is 4.74 Å². The predicted molar refractivity (Wildman–Crippen MR) is 135 cm³/mol. The molecule has 34 heavy (non-hydrogen) atoms. The second-order valence-electron chi connectivity index (χ2n) is 8.82. The van der Waals surface area contributed by atoms with Crippen molar-refractivity contribution < 1.29 is 9.53 Å². The fourth-order valence-corrected chi connectivity index (χ4v) is 4.19. The quantitative estimate of drug-likeness (QED) is 0.371. The molecule has 0 aliphatic heterocycles. The van der Waals surface area contributed by atoms with E-state index in [1.54, 1.807) is 24.3 Å². The molecule has 0 aliphatic rings. The van der Waals surface area contributed by atoms with Crippen LogP contribution in [0.25, 0.3) is 0 Å². The van der Waals surface area contributed by atoms with Gasteiger partial charge < -0.3 is 14.6 Å². The summed E-state index contributed by atoms with van der Waals surface area (Å²) >= 11 is 1.32. The van der Waals surface area contributed by atoms with E-state index in [1.807, 2.05) is 23.6 Å². The fraction of sp³-hybridized carbons (Fsp3) is 0.385. The topological polar surface area (TPSA) is 92.8 Å². The van der Waals surface area contributed by atoms with Crippen LogP contribution in [-0.4, -0.2) is 26.4 Å². The van der Waals surface area contributed by atoms with Gasteiger partial charge in [0.25, 0.3) is 0 Å². The van der Waals surface area contributed by atoms with Gasteiger partial charge in [-0.3, -0.25) is 4.79 Å². The third-order valence-electron chi connectivity index (χ3n) is 5.17. The maximum Gasteiger partial charge on any atom is 0.234 e. The van der Waals surface area contributed by atoms with Gasteiger partial charge in [-0.25, -0.2) is 0 Å². The lowest BCUT2D eigenvalue weighted by Crippen LogP contribution is -2.17. The Morgan fingerprint density at radius 2 is 1.79 bits per heavy atom. The summed E-state index contributed by atoms with van der Waals surface area (Å²) in [5.74, 6) is 2.28. The summed E-state index contributed by atoms with van der Waals surface area (Å²) in [6.45, 7) is 11.2. The van der Waals surface area contributed by atoms with E-state index < -0.39 is 0 Å². The van der Waals surface area contributed by atoms with Gasteiger partial charge in [0.15, 0.2) is 17.1 Å². The second-order valence-corrected chi connectivity index (χ2v) is 9.77. The van der Waals surface area contributed by atoms with Crippen LogP contribution in [0.1, 0.15) is 63.6 Å². The molecule has 1 atom stereocenters. The Kier molecular flexibility index (Phi) is 8.72. The number of carbonyl (C=O) groups excluding carboxylic acids is 1. The molecule has 1 N–H and O–H groups in total. The monoisotopic (exact) mass is 477 g/mol. The van der Waals surface area contributed by atoms with Gasteiger partial charge in [0, 0.05) is 6.54 Å². The lowest BCUT2D eigenvalue weighted by Gasteiger charge is -2.18. The van der Waals surface area contributed by atoms with Crippen LogP contribution in [0, 0.1) is 17.2 Å². The molecule has 0 saturated carbocycles. The average molecular weight is 478 g/mol. The molecule has 1 amide bonds. The van der Waals surface area contributed by atoms with E-state index in [1.165, 1.54) is 17.3 Å². The molecule has 1 unspecified atom stereocenters. The lowest BCUT2D eigenvalue weighted by molar-refractivity contribution is -0.113. The van der Waals surface area contributed by atoms with Crippen LogP contribution >= 0.6 is 11.8 Å². The summed E-state index contributed by atoms with van der Waals surface area (Å²) in [6, 6.07) is 17.1. The van der Waals surface area contributed by atoms with Gasteiger partial charge in [0.2, 0.25) is 5.91 Å². The van der Waals surface area contributed by atoms with E-state index >= 15 is 0 Å². The molecule has 178 valence electrons. The van der Waals surface area contributed by atoms with Gasteiger partial charge in [-0.05, 0) is 48.6 Å². The van der Waals surface area contributed by atoms with Crippen molar-refractivity contribution in [2.75, 3.05) is 11.1 Å². The smallest absolute Gasteiger partial charge is 0.234 e. The zero-order chi connectivity index (χ0) is 24.7. The molecule has 0 fully saturated rings. The Hall–Kier alpha value is -3.31. The van der Waals surface area contributed by atoms with E-state index in [0.717, 1.165) is 11.6 Å². The maximum absolute atomic E-state index is 12.5. The summed E-state index contributed by atoms with van der Waals surface area (Å²) in [5.41, 5.74) is 2.20. The van der Waals surface area contributed by atoms with Crippen LogP contribution in [0.5, 0.6) is 5.75 Å². The van der Waals surface area contributed by atoms with Crippen LogP contribution in [0.4, 0.5) is 5.69 Å². The van der Waals surface area contributed by atoms with Crippen LogP contribution in [0.3, 0.4) is 0 Å². The van der Waals surface area contributed by atoms with Crippen molar-refractivity contribution in [3.05, 3.63) is 65.5 Å². The molecule has 3 aromatic rings. The van der Waals surface area contributed by atoms with Crippen LogP contribution in [-0.2, 0) is 11.3 Å². The first-order valence-electron chi connectivity index (χ1n) is 11.4.